The number of amides is 2. The number of hydrogen-bond acceptors (Lipinski definition) is 6. The van der Waals surface area contributed by atoms with Gasteiger partial charge in [-0.15, -0.1) is 0 Å². The summed E-state index contributed by atoms with van der Waals surface area (Å²) in [4.78, 5) is 58.4. The summed E-state index contributed by atoms with van der Waals surface area (Å²) in [6, 6.07) is 3.86. The topological polar surface area (TPSA) is 153 Å². The Labute approximate surface area is 155 Å². The Kier molecular flexibility index (Phi) is 7.21. The Hall–Kier alpha value is -3.23. The van der Waals surface area contributed by atoms with Gasteiger partial charge in [-0.1, -0.05) is 24.3 Å². The van der Waals surface area contributed by atoms with Crippen molar-refractivity contribution in [2.24, 2.45) is 5.73 Å². The van der Waals surface area contributed by atoms with Crippen LogP contribution in [0.4, 0.5) is 4.79 Å². The normalized spacial score (nSPS) is 13.1. The van der Waals surface area contributed by atoms with E-state index in [0.717, 1.165) is 0 Å². The Morgan fingerprint density at radius 1 is 1.19 bits per heavy atom. The van der Waals surface area contributed by atoms with Crippen molar-refractivity contribution in [3.8, 4) is 0 Å². The van der Waals surface area contributed by atoms with Crippen LogP contribution >= 0.6 is 0 Å². The van der Waals surface area contributed by atoms with Crippen LogP contribution in [0, 0.1) is 0 Å². The van der Waals surface area contributed by atoms with Gasteiger partial charge in [0.25, 0.3) is 0 Å². The number of carbonyl (C=O) groups excluding carboxylic acids is 4. The van der Waals surface area contributed by atoms with Crippen LogP contribution in [0.3, 0.4) is 0 Å². The summed E-state index contributed by atoms with van der Waals surface area (Å²) in [5.74, 6) is -4.97. The Morgan fingerprint density at radius 3 is 2.15 bits per heavy atom. The number of ketones is 1. The summed E-state index contributed by atoms with van der Waals surface area (Å²) in [5.41, 5.74) is 4.66. The van der Waals surface area contributed by atoms with Gasteiger partial charge in [0.15, 0.2) is 5.78 Å². The first kappa shape index (κ1) is 21.8. The van der Waals surface area contributed by atoms with Crippen molar-refractivity contribution in [3.63, 3.8) is 0 Å². The van der Waals surface area contributed by atoms with Crippen molar-refractivity contribution in [1.82, 2.24) is 5.32 Å². The number of primary amides is 1. The maximum absolute atomic E-state index is 12.7. The van der Waals surface area contributed by atoms with E-state index in [1.807, 2.05) is 0 Å². The second-order valence-electron chi connectivity index (χ2n) is 6.83. The molecule has 0 aliphatic rings. The molecule has 146 valence electrons. The molecule has 4 N–H and O–H groups in total. The molecule has 0 fully saturated rings. The van der Waals surface area contributed by atoms with Gasteiger partial charge < -0.3 is 20.9 Å². The first-order valence-corrected chi connectivity index (χ1v) is 8.04. The lowest BCUT2D eigenvalue weighted by Gasteiger charge is -2.24. The van der Waals surface area contributed by atoms with E-state index in [4.69, 9.17) is 10.5 Å². The number of alkyl carbamates (subject to hydrolysis) is 1. The molecule has 1 unspecified atom stereocenters. The van der Waals surface area contributed by atoms with Crippen LogP contribution in [-0.2, 0) is 19.1 Å². The Balaban J connectivity index is 3.14. The van der Waals surface area contributed by atoms with Gasteiger partial charge in [0.05, 0.1) is 6.42 Å². The lowest BCUT2D eigenvalue weighted by molar-refractivity contribution is -0.143. The molecule has 0 spiro atoms. The molecule has 9 nitrogen and oxygen atoms in total. The minimum absolute atomic E-state index is 0.0959. The predicted octanol–water partition coefficient (Wildman–Crippen LogP) is 1.01. The van der Waals surface area contributed by atoms with Crippen LogP contribution in [0.2, 0.25) is 0 Å². The first-order chi connectivity index (χ1) is 12.4. The summed E-state index contributed by atoms with van der Waals surface area (Å²) >= 11 is 0. The lowest BCUT2D eigenvalue weighted by atomic mass is 9.89. The molecule has 0 aliphatic heterocycles. The maximum Gasteiger partial charge on any atom is 0.408 e. The van der Waals surface area contributed by atoms with Crippen LogP contribution in [0.15, 0.2) is 24.3 Å². The van der Waals surface area contributed by atoms with Crippen molar-refractivity contribution in [2.45, 2.75) is 44.8 Å². The van der Waals surface area contributed by atoms with Gasteiger partial charge in [-0.25, -0.2) is 4.79 Å². The highest BCUT2D eigenvalue weighted by Crippen LogP contribution is 2.21. The van der Waals surface area contributed by atoms with E-state index in [-0.39, 0.29) is 5.56 Å². The van der Waals surface area contributed by atoms with E-state index in [9.17, 15) is 29.1 Å². The molecule has 2 atom stereocenters. The van der Waals surface area contributed by atoms with E-state index in [2.05, 4.69) is 5.32 Å². The van der Waals surface area contributed by atoms with E-state index in [0.29, 0.717) is 11.8 Å². The standard InChI is InChI=1S/C18H22N2O7/c1-18(2,3)27-17(26)20-12(8-13(19)22)15(23)14(16(24)25)11-6-4-10(9-21)5-7-11/h4-7,9,12,14H,8H2,1-3H3,(H2,19,22)(H,20,26)(H,24,25)/t12-,14?/m0/s1. The molecule has 1 rings (SSSR count). The number of hydrogen-bond donors (Lipinski definition) is 3. The smallest absolute Gasteiger partial charge is 0.408 e. The summed E-state index contributed by atoms with van der Waals surface area (Å²) in [6.07, 6.45) is -1.00. The lowest BCUT2D eigenvalue weighted by Crippen LogP contribution is -2.48. The largest absolute Gasteiger partial charge is 0.480 e. The van der Waals surface area contributed by atoms with Crippen LogP contribution in [0.1, 0.15) is 49.0 Å². The molecule has 0 aliphatic carbocycles. The van der Waals surface area contributed by atoms with E-state index >= 15 is 0 Å². The Morgan fingerprint density at radius 2 is 1.74 bits per heavy atom. The van der Waals surface area contributed by atoms with E-state index in [1.165, 1.54) is 24.3 Å². The molecule has 9 heteroatoms. The number of aldehydes is 1. The molecule has 1 aromatic rings. The molecular weight excluding hydrogens is 356 g/mol. The minimum Gasteiger partial charge on any atom is -0.480 e. The van der Waals surface area contributed by atoms with Crippen molar-refractivity contribution in [1.29, 1.82) is 0 Å². The highest BCUT2D eigenvalue weighted by Gasteiger charge is 2.36. The van der Waals surface area contributed by atoms with Gasteiger partial charge in [0.2, 0.25) is 5.91 Å². The van der Waals surface area contributed by atoms with Crippen molar-refractivity contribution in [2.75, 3.05) is 0 Å². The zero-order chi connectivity index (χ0) is 20.8. The van der Waals surface area contributed by atoms with Gasteiger partial charge >= 0.3 is 12.1 Å². The number of nitrogens with two attached hydrogens (primary N) is 1. The predicted molar refractivity (Wildman–Crippen MR) is 94.2 cm³/mol. The zero-order valence-electron chi connectivity index (χ0n) is 15.2. The van der Waals surface area contributed by atoms with Crippen LogP contribution in [-0.4, -0.2) is 46.8 Å². The molecule has 1 aromatic carbocycles. The third-order valence-corrected chi connectivity index (χ3v) is 3.38. The van der Waals surface area contributed by atoms with Gasteiger partial charge in [-0.2, -0.15) is 0 Å². The summed E-state index contributed by atoms with van der Waals surface area (Å²) in [5, 5.41) is 11.7. The minimum atomic E-state index is -1.66. The number of benzene rings is 1. The fourth-order valence-corrected chi connectivity index (χ4v) is 2.27. The number of rotatable bonds is 8. The molecule has 0 aromatic heterocycles. The molecule has 2 amide bonds. The zero-order valence-corrected chi connectivity index (χ0v) is 15.2. The molecular formula is C18H22N2O7. The SMILES string of the molecule is CC(C)(C)OC(=O)N[C@@H](CC(N)=O)C(=O)C(C(=O)O)c1ccc(C=O)cc1. The number of aliphatic carboxylic acids is 1. The number of carboxylic acid groups (broad SMARTS) is 1. The fourth-order valence-electron chi connectivity index (χ4n) is 2.27. The highest BCUT2D eigenvalue weighted by molar-refractivity contribution is 6.08. The van der Waals surface area contributed by atoms with Gasteiger partial charge in [-0.05, 0) is 26.3 Å². The van der Waals surface area contributed by atoms with Gasteiger partial charge in [0, 0.05) is 5.56 Å². The number of nitrogens with one attached hydrogen (secondary N) is 1. The van der Waals surface area contributed by atoms with Crippen LogP contribution < -0.4 is 11.1 Å². The highest BCUT2D eigenvalue weighted by atomic mass is 16.6. The van der Waals surface area contributed by atoms with Crippen LogP contribution in [0.5, 0.6) is 0 Å². The van der Waals surface area contributed by atoms with Gasteiger partial charge in [-0.3, -0.25) is 19.2 Å². The maximum atomic E-state index is 12.7. The third kappa shape index (κ3) is 6.89. The number of Topliss-reactive ketones (excluding diaryl/α,β-unsaturated/α-hetero) is 1. The molecule has 0 heterocycles. The van der Waals surface area contributed by atoms with E-state index < -0.39 is 47.7 Å². The second-order valence-corrected chi connectivity index (χ2v) is 6.83. The van der Waals surface area contributed by atoms with Crippen molar-refractivity contribution in [3.05, 3.63) is 35.4 Å². The molecule has 0 saturated carbocycles. The number of ether oxygens (including phenoxy) is 1. The fraction of sp³-hybridized carbons (Fsp3) is 0.389. The van der Waals surface area contributed by atoms with Crippen molar-refractivity contribution >= 4 is 30.0 Å². The van der Waals surface area contributed by atoms with Gasteiger partial charge in [0.1, 0.15) is 23.8 Å². The summed E-state index contributed by atoms with van der Waals surface area (Å²) in [7, 11) is 0. The third-order valence-electron chi connectivity index (χ3n) is 3.38. The summed E-state index contributed by atoms with van der Waals surface area (Å²) < 4.78 is 5.04. The average Bonchev–Trinajstić information content (AvgIpc) is 2.52. The van der Waals surface area contributed by atoms with Crippen LogP contribution in [0.25, 0.3) is 0 Å². The summed E-state index contributed by atoms with van der Waals surface area (Å²) in [6.45, 7) is 4.81. The quantitative estimate of drug-likeness (QED) is 0.450. The molecule has 27 heavy (non-hydrogen) atoms. The Bertz CT molecular complexity index is 735. The van der Waals surface area contributed by atoms with Crippen molar-refractivity contribution < 1.29 is 33.8 Å². The average molecular weight is 378 g/mol. The second kappa shape index (κ2) is 8.93. The number of carboxylic acids is 1. The first-order valence-electron chi connectivity index (χ1n) is 8.04. The monoisotopic (exact) mass is 378 g/mol. The number of carbonyl (C=O) groups is 5. The van der Waals surface area contributed by atoms with E-state index in [1.54, 1.807) is 20.8 Å². The molecule has 0 saturated heterocycles. The molecule has 0 bridgehead atoms. The molecule has 0 radical (unpaired) electrons.